The van der Waals surface area contributed by atoms with Crippen LogP contribution < -0.4 is 0 Å². The average molecular weight is 414 g/mol. The number of para-hydroxylation sites is 1. The Morgan fingerprint density at radius 3 is 2.60 bits per heavy atom. The number of ether oxygens (including phenoxy) is 1. The van der Waals surface area contributed by atoms with Crippen molar-refractivity contribution < 1.29 is 9.53 Å². The molecule has 0 aliphatic carbocycles. The van der Waals surface area contributed by atoms with E-state index in [2.05, 4.69) is 23.7 Å². The minimum absolute atomic E-state index is 0.308. The standard InChI is InChI=1S/C24H19N3O2S/c1-2-29-23(28)20-8-5-9-21-22(20)27(24(30)26-21)15-16-10-12-17(13-11-16)19-7-4-3-6-18(19)14-25/h3-13H,2,15H2,1H3,(H,26,30). The summed E-state index contributed by atoms with van der Waals surface area (Å²) >= 11 is 4.52. The molecule has 0 aliphatic heterocycles. The van der Waals surface area contributed by atoms with Crippen molar-refractivity contribution in [3.8, 4) is 17.2 Å². The first-order valence-electron chi connectivity index (χ1n) is 9.56. The van der Waals surface area contributed by atoms with Crippen LogP contribution in [0, 0.1) is 11.3 Å². The predicted octanol–water partition coefficient (Wildman–Crippen LogP) is 5.09. The van der Waals surface area contributed by atoms with Crippen molar-refractivity contribution in [2.75, 3.05) is 6.61 Å². The molecule has 0 fully saturated rings. The number of aromatic nitrogens is 2. The van der Waals surface area contributed by atoms with Gasteiger partial charge in [0.1, 0.15) is 0 Å². The number of fused-ring (bicyclic) bond motifs is 1. The molecule has 4 aromatic rings. The topological polar surface area (TPSA) is 67.9 Å². The van der Waals surface area contributed by atoms with Gasteiger partial charge in [0.15, 0.2) is 5.16 Å². The van der Waals surface area contributed by atoms with Crippen LogP contribution in [0.1, 0.15) is 28.4 Å². The predicted molar refractivity (Wildman–Crippen MR) is 119 cm³/mol. The molecule has 3 aromatic carbocycles. The fourth-order valence-electron chi connectivity index (χ4n) is 3.50. The van der Waals surface area contributed by atoms with Crippen molar-refractivity contribution >= 4 is 29.6 Å². The van der Waals surface area contributed by atoms with Gasteiger partial charge in [-0.25, -0.2) is 9.78 Å². The molecular weight excluding hydrogens is 394 g/mol. The lowest BCUT2D eigenvalue weighted by molar-refractivity contribution is 0.0528. The molecule has 0 spiro atoms. The Balaban J connectivity index is 1.70. The van der Waals surface area contributed by atoms with Gasteiger partial charge in [0.25, 0.3) is 0 Å². The van der Waals surface area contributed by atoms with Crippen LogP contribution in [0.15, 0.2) is 71.9 Å². The van der Waals surface area contributed by atoms with Crippen molar-refractivity contribution in [1.29, 1.82) is 5.26 Å². The zero-order valence-corrected chi connectivity index (χ0v) is 17.3. The number of hydrogen-bond donors (Lipinski definition) is 1. The number of hydrogen-bond acceptors (Lipinski definition) is 5. The fourth-order valence-corrected chi connectivity index (χ4v) is 3.78. The Hall–Kier alpha value is -3.56. The highest BCUT2D eigenvalue weighted by Gasteiger charge is 2.18. The third kappa shape index (κ3) is 3.68. The summed E-state index contributed by atoms with van der Waals surface area (Å²) in [6.07, 6.45) is 0. The monoisotopic (exact) mass is 413 g/mol. The van der Waals surface area contributed by atoms with Gasteiger partial charge in [-0.3, -0.25) is 0 Å². The smallest absolute Gasteiger partial charge is 0.340 e. The number of benzene rings is 3. The van der Waals surface area contributed by atoms with E-state index < -0.39 is 0 Å². The quantitative estimate of drug-likeness (QED) is 0.366. The molecule has 0 amide bonds. The molecule has 0 bridgehead atoms. The summed E-state index contributed by atoms with van der Waals surface area (Å²) < 4.78 is 7.11. The van der Waals surface area contributed by atoms with E-state index in [1.54, 1.807) is 19.1 Å². The first-order chi connectivity index (χ1) is 14.6. The van der Waals surface area contributed by atoms with Crippen LogP contribution in [0.25, 0.3) is 22.2 Å². The van der Waals surface area contributed by atoms with Gasteiger partial charge < -0.3 is 9.30 Å². The molecule has 0 unspecified atom stereocenters. The highest BCUT2D eigenvalue weighted by Crippen LogP contribution is 2.27. The van der Waals surface area contributed by atoms with Gasteiger partial charge in [-0.05, 0) is 41.8 Å². The lowest BCUT2D eigenvalue weighted by Gasteiger charge is -2.11. The third-order valence-corrected chi connectivity index (χ3v) is 5.24. The molecule has 148 valence electrons. The maximum atomic E-state index is 12.4. The largest absolute Gasteiger partial charge is 0.462 e. The highest BCUT2D eigenvalue weighted by molar-refractivity contribution is 7.80. The van der Waals surface area contributed by atoms with E-state index >= 15 is 0 Å². The Morgan fingerprint density at radius 2 is 1.87 bits per heavy atom. The van der Waals surface area contributed by atoms with E-state index in [0.717, 1.165) is 16.7 Å². The Labute approximate surface area is 180 Å². The van der Waals surface area contributed by atoms with E-state index in [9.17, 15) is 10.1 Å². The van der Waals surface area contributed by atoms with Crippen molar-refractivity contribution in [2.45, 2.75) is 18.6 Å². The molecule has 1 aromatic heterocycles. The molecule has 30 heavy (non-hydrogen) atoms. The minimum atomic E-state index is -0.374. The number of imidazole rings is 1. The van der Waals surface area contributed by atoms with E-state index in [4.69, 9.17) is 4.74 Å². The molecule has 6 heteroatoms. The van der Waals surface area contributed by atoms with E-state index in [-0.39, 0.29) is 5.97 Å². The molecule has 5 nitrogen and oxygen atoms in total. The third-order valence-electron chi connectivity index (χ3n) is 4.90. The van der Waals surface area contributed by atoms with Crippen molar-refractivity contribution in [1.82, 2.24) is 9.55 Å². The molecule has 0 aliphatic rings. The van der Waals surface area contributed by atoms with Crippen LogP contribution in [0.5, 0.6) is 0 Å². The van der Waals surface area contributed by atoms with Crippen LogP contribution in [0.2, 0.25) is 0 Å². The molecule has 0 saturated carbocycles. The number of esters is 1. The van der Waals surface area contributed by atoms with E-state index in [1.807, 2.05) is 59.2 Å². The van der Waals surface area contributed by atoms with Gasteiger partial charge in [-0.1, -0.05) is 48.5 Å². The first-order valence-corrected chi connectivity index (χ1v) is 10.0. The number of carbonyl (C=O) groups excluding carboxylic acids is 1. The second-order valence-corrected chi connectivity index (χ2v) is 7.15. The number of rotatable bonds is 5. The number of nitrogens with zero attached hydrogens (tertiary/aromatic N) is 3. The maximum absolute atomic E-state index is 12.4. The summed E-state index contributed by atoms with van der Waals surface area (Å²) in [7, 11) is 0. The summed E-state index contributed by atoms with van der Waals surface area (Å²) in [6, 6.07) is 23.2. The number of thiol groups is 1. The molecule has 0 atom stereocenters. The molecule has 1 heterocycles. The van der Waals surface area contributed by atoms with Crippen LogP contribution in [0.3, 0.4) is 0 Å². The Bertz CT molecular complexity index is 1270. The SMILES string of the molecule is CCOC(=O)c1cccc2nc(S)n(Cc3ccc(-c4ccccc4C#N)cc3)c12. The van der Waals surface area contributed by atoms with Crippen LogP contribution in [0.4, 0.5) is 0 Å². The van der Waals surface area contributed by atoms with Crippen molar-refractivity contribution in [3.63, 3.8) is 0 Å². The highest BCUT2D eigenvalue weighted by atomic mass is 32.1. The zero-order chi connectivity index (χ0) is 21.1. The van der Waals surface area contributed by atoms with Crippen LogP contribution in [-0.2, 0) is 11.3 Å². The Kier molecular flexibility index (Phi) is 5.55. The zero-order valence-electron chi connectivity index (χ0n) is 16.4. The molecule has 0 radical (unpaired) electrons. The summed E-state index contributed by atoms with van der Waals surface area (Å²) in [4.78, 5) is 16.9. The summed E-state index contributed by atoms with van der Waals surface area (Å²) in [5.41, 5.74) is 5.43. The fraction of sp³-hybridized carbons (Fsp3) is 0.125. The summed E-state index contributed by atoms with van der Waals surface area (Å²) in [5.74, 6) is -0.374. The van der Waals surface area contributed by atoms with Gasteiger partial charge in [0.2, 0.25) is 0 Å². The average Bonchev–Trinajstić information content (AvgIpc) is 3.09. The van der Waals surface area contributed by atoms with Gasteiger partial charge >= 0.3 is 5.97 Å². The van der Waals surface area contributed by atoms with Crippen molar-refractivity contribution in [2.24, 2.45) is 0 Å². The lowest BCUT2D eigenvalue weighted by Crippen LogP contribution is -2.09. The lowest BCUT2D eigenvalue weighted by atomic mass is 9.99. The molecule has 0 N–H and O–H groups in total. The minimum Gasteiger partial charge on any atom is -0.462 e. The summed E-state index contributed by atoms with van der Waals surface area (Å²) in [5, 5.41) is 9.87. The molecule has 4 rings (SSSR count). The summed E-state index contributed by atoms with van der Waals surface area (Å²) in [6.45, 7) is 2.60. The molecular formula is C24H19N3O2S. The van der Waals surface area contributed by atoms with Gasteiger partial charge in [0.05, 0.1) is 41.4 Å². The number of nitriles is 1. The normalized spacial score (nSPS) is 10.7. The maximum Gasteiger partial charge on any atom is 0.340 e. The van der Waals surface area contributed by atoms with Gasteiger partial charge in [-0.15, -0.1) is 12.6 Å². The van der Waals surface area contributed by atoms with Crippen LogP contribution >= 0.6 is 12.6 Å². The van der Waals surface area contributed by atoms with Crippen molar-refractivity contribution in [3.05, 3.63) is 83.4 Å². The van der Waals surface area contributed by atoms with Crippen LogP contribution in [-0.4, -0.2) is 22.1 Å². The van der Waals surface area contributed by atoms with E-state index in [1.165, 1.54) is 0 Å². The van der Waals surface area contributed by atoms with E-state index in [0.29, 0.717) is 40.5 Å². The molecule has 0 saturated heterocycles. The Morgan fingerprint density at radius 1 is 1.10 bits per heavy atom. The second kappa shape index (κ2) is 8.44. The van der Waals surface area contributed by atoms with Gasteiger partial charge in [-0.2, -0.15) is 5.26 Å². The second-order valence-electron chi connectivity index (χ2n) is 6.75. The first kappa shape index (κ1) is 19.7. The number of carbonyl (C=O) groups is 1. The van der Waals surface area contributed by atoms with Gasteiger partial charge in [0, 0.05) is 0 Å².